The molecule has 0 atom stereocenters. The van der Waals surface area contributed by atoms with Crippen molar-refractivity contribution in [1.82, 2.24) is 15.0 Å². The van der Waals surface area contributed by atoms with E-state index in [1.807, 2.05) is 42.5 Å². The zero-order valence-corrected chi connectivity index (χ0v) is 14.3. The van der Waals surface area contributed by atoms with Crippen LogP contribution >= 0.6 is 11.6 Å². The summed E-state index contributed by atoms with van der Waals surface area (Å²) in [5.74, 6) is 0.612. The lowest BCUT2D eigenvalue weighted by atomic mass is 10.1. The van der Waals surface area contributed by atoms with Crippen LogP contribution in [0, 0.1) is 0 Å². The summed E-state index contributed by atoms with van der Waals surface area (Å²) in [7, 11) is 0. The van der Waals surface area contributed by atoms with Crippen LogP contribution in [-0.4, -0.2) is 28.0 Å². The maximum atomic E-state index is 12.6. The molecule has 25 heavy (non-hydrogen) atoms. The van der Waals surface area contributed by atoms with Crippen molar-refractivity contribution in [3.05, 3.63) is 63.0 Å². The number of pyridine rings is 1. The van der Waals surface area contributed by atoms with Gasteiger partial charge in [0.15, 0.2) is 5.65 Å². The molecule has 2 aromatic heterocycles. The first kappa shape index (κ1) is 15.8. The van der Waals surface area contributed by atoms with Crippen LogP contribution in [0.5, 0.6) is 0 Å². The second kappa shape index (κ2) is 6.69. The Morgan fingerprint density at radius 2 is 1.84 bits per heavy atom. The highest BCUT2D eigenvalue weighted by Crippen LogP contribution is 2.19. The van der Waals surface area contributed by atoms with Gasteiger partial charge in [-0.05, 0) is 42.2 Å². The van der Waals surface area contributed by atoms with Gasteiger partial charge in [-0.3, -0.25) is 9.78 Å². The molecule has 4 rings (SSSR count). The van der Waals surface area contributed by atoms with Gasteiger partial charge in [-0.15, -0.1) is 0 Å². The van der Waals surface area contributed by atoms with E-state index in [4.69, 9.17) is 11.6 Å². The first-order valence-corrected chi connectivity index (χ1v) is 8.66. The van der Waals surface area contributed by atoms with E-state index in [9.17, 15) is 4.79 Å². The Bertz CT molecular complexity index is 988. The number of aromatic nitrogens is 3. The predicted octanol–water partition coefficient (Wildman–Crippen LogP) is 3.74. The fourth-order valence-corrected chi connectivity index (χ4v) is 3.18. The molecule has 1 aliphatic rings. The Labute approximate surface area is 150 Å². The van der Waals surface area contributed by atoms with Gasteiger partial charge in [0, 0.05) is 24.3 Å². The molecule has 3 heterocycles. The molecular formula is C19H17ClN4O. The number of aromatic amines is 1. The molecule has 6 heteroatoms. The molecule has 0 aliphatic carbocycles. The fourth-order valence-electron chi connectivity index (χ4n) is 3.05. The minimum atomic E-state index is -0.157. The Hall–Kier alpha value is -2.66. The Morgan fingerprint density at radius 3 is 2.60 bits per heavy atom. The highest BCUT2D eigenvalue weighted by molar-refractivity contribution is 6.30. The quantitative estimate of drug-likeness (QED) is 0.780. The number of nitrogens with one attached hydrogen (secondary N) is 1. The first-order valence-electron chi connectivity index (χ1n) is 8.28. The highest BCUT2D eigenvalue weighted by atomic mass is 35.5. The van der Waals surface area contributed by atoms with E-state index < -0.39 is 0 Å². The molecule has 0 saturated carbocycles. The van der Waals surface area contributed by atoms with Crippen LogP contribution in [0.1, 0.15) is 24.0 Å². The second-order valence-electron chi connectivity index (χ2n) is 6.07. The van der Waals surface area contributed by atoms with E-state index in [2.05, 4.69) is 19.9 Å². The van der Waals surface area contributed by atoms with Crippen LogP contribution in [0.25, 0.3) is 23.2 Å². The summed E-state index contributed by atoms with van der Waals surface area (Å²) in [5.41, 5.74) is 2.12. The van der Waals surface area contributed by atoms with E-state index >= 15 is 0 Å². The van der Waals surface area contributed by atoms with Gasteiger partial charge in [0.1, 0.15) is 0 Å². The smallest absolute Gasteiger partial charge is 0.262 e. The van der Waals surface area contributed by atoms with E-state index in [0.717, 1.165) is 37.1 Å². The monoisotopic (exact) mass is 352 g/mol. The Kier molecular flexibility index (Phi) is 4.24. The second-order valence-corrected chi connectivity index (χ2v) is 6.50. The minimum Gasteiger partial charge on any atom is -0.342 e. The van der Waals surface area contributed by atoms with Gasteiger partial charge < -0.3 is 4.90 Å². The molecule has 1 fully saturated rings. The lowest BCUT2D eigenvalue weighted by Gasteiger charge is -2.15. The van der Waals surface area contributed by atoms with Crippen LogP contribution < -0.4 is 10.5 Å². The molecule has 0 radical (unpaired) electrons. The van der Waals surface area contributed by atoms with Crippen LogP contribution in [0.2, 0.25) is 5.02 Å². The van der Waals surface area contributed by atoms with Gasteiger partial charge in [-0.2, -0.15) is 4.98 Å². The molecule has 0 spiro atoms. The normalized spacial score (nSPS) is 14.7. The van der Waals surface area contributed by atoms with Crippen molar-refractivity contribution in [1.29, 1.82) is 0 Å². The summed E-state index contributed by atoms with van der Waals surface area (Å²) in [6.07, 6.45) is 7.78. The third kappa shape index (κ3) is 3.28. The average Bonchev–Trinajstić information content (AvgIpc) is 3.15. The molecule has 5 nitrogen and oxygen atoms in total. The number of anilines is 1. The summed E-state index contributed by atoms with van der Waals surface area (Å²) in [6, 6.07) is 9.35. The summed E-state index contributed by atoms with van der Waals surface area (Å²) in [4.78, 5) is 26.5. The molecule has 3 aromatic rings. The number of rotatable bonds is 3. The van der Waals surface area contributed by atoms with Gasteiger partial charge in [0.2, 0.25) is 5.95 Å². The minimum absolute atomic E-state index is 0.157. The fraction of sp³-hybridized carbons (Fsp3) is 0.211. The lowest BCUT2D eigenvalue weighted by Crippen LogP contribution is -2.24. The van der Waals surface area contributed by atoms with Gasteiger partial charge in [0.25, 0.3) is 5.56 Å². The topological polar surface area (TPSA) is 61.9 Å². The molecule has 1 N–H and O–H groups in total. The van der Waals surface area contributed by atoms with Crippen LogP contribution in [0.15, 0.2) is 41.3 Å². The average molecular weight is 353 g/mol. The van der Waals surface area contributed by atoms with Crippen molar-refractivity contribution in [2.24, 2.45) is 0 Å². The molecule has 0 unspecified atom stereocenters. The zero-order valence-electron chi connectivity index (χ0n) is 13.6. The first-order chi connectivity index (χ1) is 12.2. The summed E-state index contributed by atoms with van der Waals surface area (Å²) < 4.78 is 0. The van der Waals surface area contributed by atoms with Gasteiger partial charge in [0.05, 0.1) is 5.39 Å². The molecule has 0 amide bonds. The highest BCUT2D eigenvalue weighted by Gasteiger charge is 2.16. The van der Waals surface area contributed by atoms with Crippen molar-refractivity contribution in [3.8, 4) is 0 Å². The standard InChI is InChI=1S/C19H17ClN4O/c20-15-7-4-13(5-8-15)3-6-14-9-10-21-17-16(14)18(25)23-19(22-17)24-11-1-2-12-24/h3-10H,1-2,11-12H2,(H,21,22,23,25)/b6-3+. The van der Waals surface area contributed by atoms with Crippen LogP contribution in [-0.2, 0) is 0 Å². The van der Waals surface area contributed by atoms with Gasteiger partial charge in [-0.25, -0.2) is 4.98 Å². The number of benzene rings is 1. The number of H-pyrrole nitrogens is 1. The number of hydrogen-bond donors (Lipinski definition) is 1. The third-order valence-electron chi connectivity index (χ3n) is 4.36. The number of nitrogens with zero attached hydrogens (tertiary/aromatic N) is 3. The number of fused-ring (bicyclic) bond motifs is 1. The van der Waals surface area contributed by atoms with E-state index in [1.165, 1.54) is 0 Å². The molecular weight excluding hydrogens is 336 g/mol. The molecule has 1 aromatic carbocycles. The van der Waals surface area contributed by atoms with Crippen molar-refractivity contribution in [2.45, 2.75) is 12.8 Å². The van der Waals surface area contributed by atoms with Crippen molar-refractivity contribution >= 4 is 40.7 Å². The molecule has 0 bridgehead atoms. The summed E-state index contributed by atoms with van der Waals surface area (Å²) in [6.45, 7) is 1.84. The maximum absolute atomic E-state index is 12.6. The molecule has 1 saturated heterocycles. The van der Waals surface area contributed by atoms with Gasteiger partial charge in [-0.1, -0.05) is 35.9 Å². The van der Waals surface area contributed by atoms with E-state index in [0.29, 0.717) is 22.0 Å². The van der Waals surface area contributed by atoms with Crippen molar-refractivity contribution < 1.29 is 0 Å². The van der Waals surface area contributed by atoms with Crippen LogP contribution in [0.4, 0.5) is 5.95 Å². The third-order valence-corrected chi connectivity index (χ3v) is 4.61. The number of halogens is 1. The van der Waals surface area contributed by atoms with Crippen molar-refractivity contribution in [3.63, 3.8) is 0 Å². The maximum Gasteiger partial charge on any atom is 0.262 e. The van der Waals surface area contributed by atoms with Crippen molar-refractivity contribution in [2.75, 3.05) is 18.0 Å². The largest absolute Gasteiger partial charge is 0.342 e. The van der Waals surface area contributed by atoms with E-state index in [1.54, 1.807) is 6.20 Å². The Balaban J connectivity index is 1.74. The van der Waals surface area contributed by atoms with Crippen LogP contribution in [0.3, 0.4) is 0 Å². The SMILES string of the molecule is O=c1[nH]c(N2CCCC2)nc2nccc(/C=C/c3ccc(Cl)cc3)c12. The van der Waals surface area contributed by atoms with E-state index in [-0.39, 0.29) is 5.56 Å². The zero-order chi connectivity index (χ0) is 17.2. The van der Waals surface area contributed by atoms with Gasteiger partial charge >= 0.3 is 0 Å². The number of hydrogen-bond acceptors (Lipinski definition) is 4. The predicted molar refractivity (Wildman–Crippen MR) is 102 cm³/mol. The Morgan fingerprint density at radius 1 is 1.08 bits per heavy atom. The lowest BCUT2D eigenvalue weighted by molar-refractivity contribution is 0.897. The molecule has 126 valence electrons. The summed E-state index contributed by atoms with van der Waals surface area (Å²) in [5, 5.41) is 1.21. The molecule has 1 aliphatic heterocycles. The summed E-state index contributed by atoms with van der Waals surface area (Å²) >= 11 is 5.91.